The number of aromatic nitrogens is 3. The van der Waals surface area contributed by atoms with Crippen LogP contribution in [0.15, 0.2) is 60.9 Å². The minimum Gasteiger partial charge on any atom is -0.448 e. The van der Waals surface area contributed by atoms with Gasteiger partial charge >= 0.3 is 6.09 Å². The maximum atomic E-state index is 12.3. The van der Waals surface area contributed by atoms with Crippen molar-refractivity contribution in [1.82, 2.24) is 19.9 Å². The van der Waals surface area contributed by atoms with E-state index in [0.717, 1.165) is 67.2 Å². The van der Waals surface area contributed by atoms with Gasteiger partial charge in [-0.3, -0.25) is 15.2 Å². The van der Waals surface area contributed by atoms with E-state index >= 15 is 0 Å². The molecule has 188 valence electrons. The molecular weight excluding hydrogens is 450 g/mol. The van der Waals surface area contributed by atoms with E-state index in [9.17, 15) is 4.79 Å². The number of amides is 1. The number of nitrogens with one attached hydrogen (secondary N) is 1. The SMILES string of the molecule is CCC(CC)c1cc([C@H]2CN3CC[C@H]2C[C@@H]3COC(=O)Nc2ccccc2)nc(-c2ccncc2)n1. The van der Waals surface area contributed by atoms with Crippen LogP contribution in [0, 0.1) is 5.92 Å². The van der Waals surface area contributed by atoms with Crippen LogP contribution in [0.5, 0.6) is 0 Å². The summed E-state index contributed by atoms with van der Waals surface area (Å²) in [6.07, 6.45) is 7.49. The summed E-state index contributed by atoms with van der Waals surface area (Å²) in [5.41, 5.74) is 4.05. The van der Waals surface area contributed by atoms with Gasteiger partial charge in [0.15, 0.2) is 5.82 Å². The molecule has 3 aromatic rings. The Morgan fingerprint density at radius 2 is 1.89 bits per heavy atom. The molecule has 7 heteroatoms. The van der Waals surface area contributed by atoms with Crippen LogP contribution in [0.3, 0.4) is 0 Å². The zero-order valence-electron chi connectivity index (χ0n) is 21.1. The first kappa shape index (κ1) is 24.4. The predicted molar refractivity (Wildman–Crippen MR) is 141 cm³/mol. The highest BCUT2D eigenvalue weighted by Gasteiger charge is 2.42. The number of pyridine rings is 1. The van der Waals surface area contributed by atoms with Crippen molar-refractivity contribution in [2.24, 2.45) is 5.92 Å². The van der Waals surface area contributed by atoms with Gasteiger partial charge in [-0.25, -0.2) is 14.8 Å². The van der Waals surface area contributed by atoms with Gasteiger partial charge in [0.25, 0.3) is 0 Å². The first-order valence-corrected chi connectivity index (χ1v) is 13.2. The third kappa shape index (κ3) is 5.41. The van der Waals surface area contributed by atoms with Gasteiger partial charge in [-0.1, -0.05) is 32.0 Å². The first-order chi connectivity index (χ1) is 17.6. The van der Waals surface area contributed by atoms with Crippen molar-refractivity contribution in [3.05, 3.63) is 72.3 Å². The molecule has 1 N–H and O–H groups in total. The number of benzene rings is 1. The topological polar surface area (TPSA) is 80.2 Å². The molecule has 1 unspecified atom stereocenters. The molecule has 6 rings (SSSR count). The van der Waals surface area contributed by atoms with E-state index in [4.69, 9.17) is 14.7 Å². The highest BCUT2D eigenvalue weighted by atomic mass is 16.5. The van der Waals surface area contributed by atoms with Gasteiger partial charge in [0.1, 0.15) is 6.61 Å². The van der Waals surface area contributed by atoms with E-state index in [1.165, 1.54) is 0 Å². The van der Waals surface area contributed by atoms with E-state index in [0.29, 0.717) is 24.4 Å². The molecule has 3 aliphatic heterocycles. The Balaban J connectivity index is 1.30. The summed E-state index contributed by atoms with van der Waals surface area (Å²) in [6.45, 7) is 6.85. The standard InChI is InChI=1S/C29H35N5O2/c1-3-20(4-2)26-17-27(33-28(32-26)21-10-13-30-14-11-21)25-18-34-15-12-22(25)16-24(34)19-36-29(35)31-23-8-6-5-7-9-23/h5-11,13-14,17,20,22,24-25H,3-4,12,15-16,18-19H2,1-2H3,(H,31,35)/t22-,24+,25-/m0/s1. The van der Waals surface area contributed by atoms with Crippen molar-refractivity contribution in [3.63, 3.8) is 0 Å². The van der Waals surface area contributed by atoms with Crippen LogP contribution in [-0.4, -0.2) is 51.7 Å². The maximum Gasteiger partial charge on any atom is 0.411 e. The third-order valence-corrected chi connectivity index (χ3v) is 7.79. The van der Waals surface area contributed by atoms with E-state index in [-0.39, 0.29) is 6.04 Å². The molecule has 5 heterocycles. The third-order valence-electron chi connectivity index (χ3n) is 7.79. The summed E-state index contributed by atoms with van der Waals surface area (Å²) in [7, 11) is 0. The second-order valence-electron chi connectivity index (χ2n) is 9.92. The average Bonchev–Trinajstić information content (AvgIpc) is 2.94. The molecule has 0 spiro atoms. The summed E-state index contributed by atoms with van der Waals surface area (Å²) in [5.74, 6) is 2.11. The van der Waals surface area contributed by atoms with Crippen LogP contribution in [0.25, 0.3) is 11.4 Å². The van der Waals surface area contributed by atoms with Crippen molar-refractivity contribution in [2.45, 2.75) is 57.4 Å². The Kier molecular flexibility index (Phi) is 7.56. The molecular formula is C29H35N5O2. The highest BCUT2D eigenvalue weighted by Crippen LogP contribution is 2.42. The van der Waals surface area contributed by atoms with Gasteiger partial charge in [0.2, 0.25) is 0 Å². The number of anilines is 1. The number of hydrogen-bond acceptors (Lipinski definition) is 6. The fraction of sp³-hybridized carbons (Fsp3) is 0.448. The molecule has 0 radical (unpaired) electrons. The quantitative estimate of drug-likeness (QED) is 0.430. The van der Waals surface area contributed by atoms with Crippen molar-refractivity contribution in [1.29, 1.82) is 0 Å². The van der Waals surface area contributed by atoms with Gasteiger partial charge in [0, 0.05) is 59.5 Å². The number of carbonyl (C=O) groups is 1. The van der Waals surface area contributed by atoms with E-state index < -0.39 is 6.09 Å². The fourth-order valence-corrected chi connectivity index (χ4v) is 5.72. The van der Waals surface area contributed by atoms with Crippen LogP contribution < -0.4 is 5.32 Å². The molecule has 2 aromatic heterocycles. The molecule has 3 fully saturated rings. The van der Waals surface area contributed by atoms with Crippen LogP contribution >= 0.6 is 0 Å². The van der Waals surface area contributed by atoms with Crippen LogP contribution in [0.2, 0.25) is 0 Å². The number of hydrogen-bond donors (Lipinski definition) is 1. The summed E-state index contributed by atoms with van der Waals surface area (Å²) < 4.78 is 5.61. The Hall–Kier alpha value is -3.32. The molecule has 3 aliphatic rings. The lowest BCUT2D eigenvalue weighted by atomic mass is 9.74. The lowest BCUT2D eigenvalue weighted by Crippen LogP contribution is -2.54. The number of nitrogens with zero attached hydrogens (tertiary/aromatic N) is 4. The van der Waals surface area contributed by atoms with Crippen LogP contribution in [0.4, 0.5) is 10.5 Å². The largest absolute Gasteiger partial charge is 0.448 e. The van der Waals surface area contributed by atoms with Crippen LogP contribution in [0.1, 0.15) is 62.8 Å². The molecule has 4 atom stereocenters. The molecule has 0 aliphatic carbocycles. The number of piperidine rings is 3. The lowest BCUT2D eigenvalue weighted by molar-refractivity contribution is -0.00149. The molecule has 1 amide bonds. The first-order valence-electron chi connectivity index (χ1n) is 13.2. The Morgan fingerprint density at radius 1 is 1.11 bits per heavy atom. The van der Waals surface area contributed by atoms with Gasteiger partial charge in [0.05, 0.1) is 0 Å². The van der Waals surface area contributed by atoms with E-state index in [2.05, 4.69) is 35.1 Å². The average molecular weight is 486 g/mol. The summed E-state index contributed by atoms with van der Waals surface area (Å²) in [4.78, 5) is 29.0. The van der Waals surface area contributed by atoms with Gasteiger partial charge in [-0.05, 0) is 68.5 Å². The van der Waals surface area contributed by atoms with Crippen molar-refractivity contribution in [2.75, 3.05) is 25.0 Å². The van der Waals surface area contributed by atoms with E-state index in [1.807, 2.05) is 42.5 Å². The number of para-hydroxylation sites is 1. The van der Waals surface area contributed by atoms with Crippen LogP contribution in [-0.2, 0) is 4.74 Å². The van der Waals surface area contributed by atoms with Crippen molar-refractivity contribution < 1.29 is 9.53 Å². The van der Waals surface area contributed by atoms with Crippen molar-refractivity contribution in [3.8, 4) is 11.4 Å². The zero-order chi connectivity index (χ0) is 24.9. The second kappa shape index (κ2) is 11.2. The second-order valence-corrected chi connectivity index (χ2v) is 9.92. The predicted octanol–water partition coefficient (Wildman–Crippen LogP) is 5.87. The van der Waals surface area contributed by atoms with Gasteiger partial charge < -0.3 is 4.74 Å². The Morgan fingerprint density at radius 3 is 2.58 bits per heavy atom. The molecule has 2 bridgehead atoms. The molecule has 3 saturated heterocycles. The highest BCUT2D eigenvalue weighted by molar-refractivity contribution is 5.84. The summed E-state index contributed by atoms with van der Waals surface area (Å²) in [6, 6.07) is 15.9. The molecule has 1 aromatic carbocycles. The Labute approximate surface area is 213 Å². The fourth-order valence-electron chi connectivity index (χ4n) is 5.72. The zero-order valence-corrected chi connectivity index (χ0v) is 21.1. The number of rotatable bonds is 8. The summed E-state index contributed by atoms with van der Waals surface area (Å²) in [5, 5.41) is 2.81. The molecule has 36 heavy (non-hydrogen) atoms. The minimum absolute atomic E-state index is 0.251. The Bertz CT molecular complexity index is 1150. The maximum absolute atomic E-state index is 12.3. The normalized spacial score (nSPS) is 23.0. The smallest absolute Gasteiger partial charge is 0.411 e. The van der Waals surface area contributed by atoms with Crippen molar-refractivity contribution >= 4 is 11.8 Å². The lowest BCUT2D eigenvalue weighted by Gasteiger charge is -2.49. The van der Waals surface area contributed by atoms with Gasteiger partial charge in [-0.15, -0.1) is 0 Å². The number of carbonyl (C=O) groups excluding carboxylic acids is 1. The molecule has 0 saturated carbocycles. The molecule has 7 nitrogen and oxygen atoms in total. The number of ether oxygens (including phenoxy) is 1. The van der Waals surface area contributed by atoms with E-state index in [1.54, 1.807) is 12.4 Å². The minimum atomic E-state index is -0.395. The summed E-state index contributed by atoms with van der Waals surface area (Å²) >= 11 is 0. The monoisotopic (exact) mass is 485 g/mol. The van der Waals surface area contributed by atoms with Gasteiger partial charge in [-0.2, -0.15) is 0 Å². The number of fused-ring (bicyclic) bond motifs is 3.